The average molecular weight is 587 g/mol. The first-order chi connectivity index (χ1) is 22.8. The highest BCUT2D eigenvalue weighted by molar-refractivity contribution is 6.21. The molecule has 0 N–H and O–H groups in total. The smallest absolute Gasteiger partial charge is 0.0900 e. The summed E-state index contributed by atoms with van der Waals surface area (Å²) in [5, 5.41) is 6.95. The molecule has 0 aliphatic carbocycles. The van der Waals surface area contributed by atoms with E-state index in [0.29, 0.717) is 0 Å². The third-order valence-corrected chi connectivity index (χ3v) is 8.73. The predicted octanol–water partition coefficient (Wildman–Crippen LogP) is 10.5. The van der Waals surface area contributed by atoms with Crippen LogP contribution in [0, 0.1) is 0 Å². The molecule has 0 unspecified atom stereocenters. The van der Waals surface area contributed by atoms with Crippen molar-refractivity contribution >= 4 is 43.4 Å². The van der Waals surface area contributed by atoms with Crippen LogP contribution in [0.25, 0.3) is 88.4 Å². The van der Waals surface area contributed by atoms with E-state index in [1.165, 1.54) is 16.3 Å². The Bertz CT molecular complexity index is 2430. The van der Waals surface area contributed by atoms with E-state index in [0.717, 1.165) is 72.0 Å². The van der Waals surface area contributed by atoms with Crippen LogP contribution in [0.15, 0.2) is 158 Å². The van der Waals surface area contributed by atoms with E-state index in [1.807, 2.05) is 36.4 Å². The van der Waals surface area contributed by atoms with E-state index in [9.17, 15) is 0 Å². The van der Waals surface area contributed by atoms with Gasteiger partial charge in [0.15, 0.2) is 0 Å². The van der Waals surface area contributed by atoms with Crippen LogP contribution < -0.4 is 0 Å². The minimum atomic E-state index is 0.807. The number of hydrogen-bond donors (Lipinski definition) is 0. The Balaban J connectivity index is 1.32. The number of rotatable bonds is 4. The SMILES string of the molecule is c1ccc(-c2cc(-c3cccc(-c4c5ccc6ccccc6c5nc5c4ccc4ccccc45)c3)cc(-c3ccccn3)n2)nc1. The van der Waals surface area contributed by atoms with Gasteiger partial charge >= 0.3 is 0 Å². The van der Waals surface area contributed by atoms with Gasteiger partial charge < -0.3 is 0 Å². The molecule has 46 heavy (non-hydrogen) atoms. The average Bonchev–Trinajstić information content (AvgIpc) is 3.14. The lowest BCUT2D eigenvalue weighted by molar-refractivity contribution is 1.22. The maximum atomic E-state index is 5.37. The molecule has 0 saturated carbocycles. The van der Waals surface area contributed by atoms with Crippen LogP contribution in [0.3, 0.4) is 0 Å². The molecule has 0 saturated heterocycles. The second kappa shape index (κ2) is 10.7. The highest BCUT2D eigenvalue weighted by Crippen LogP contribution is 2.41. The molecular formula is C42H26N4. The maximum absolute atomic E-state index is 5.37. The number of nitrogens with zero attached hydrogens (tertiary/aromatic N) is 4. The molecule has 0 amide bonds. The molecule has 0 radical (unpaired) electrons. The third kappa shape index (κ3) is 4.39. The van der Waals surface area contributed by atoms with Gasteiger partial charge in [-0.1, -0.05) is 103 Å². The van der Waals surface area contributed by atoms with Gasteiger partial charge in [0.25, 0.3) is 0 Å². The van der Waals surface area contributed by atoms with Gasteiger partial charge in [-0.2, -0.15) is 0 Å². The summed E-state index contributed by atoms with van der Waals surface area (Å²) in [6.07, 6.45) is 3.61. The summed E-state index contributed by atoms with van der Waals surface area (Å²) in [6, 6.07) is 50.8. The summed E-state index contributed by atoms with van der Waals surface area (Å²) in [6.45, 7) is 0. The third-order valence-electron chi connectivity index (χ3n) is 8.73. The molecular weight excluding hydrogens is 560 g/mol. The standard InChI is InChI=1S/C42H26N4/c1-3-14-32-27(10-1)18-20-34-40(35-21-19-28-11-2-4-15-33(28)42(35)46-41(32)34)30-13-9-12-29(24-30)31-25-38(36-16-5-7-22-43-36)45-39(26-31)37-17-6-8-23-44-37/h1-26H. The molecule has 0 bridgehead atoms. The molecule has 4 heterocycles. The Kier molecular flexibility index (Phi) is 6.10. The van der Waals surface area contributed by atoms with E-state index in [4.69, 9.17) is 9.97 Å². The molecule has 4 nitrogen and oxygen atoms in total. The summed E-state index contributed by atoms with van der Waals surface area (Å²) in [5.74, 6) is 0. The monoisotopic (exact) mass is 586 g/mol. The molecule has 0 aliphatic heterocycles. The number of benzene rings is 5. The fourth-order valence-corrected chi connectivity index (χ4v) is 6.57. The van der Waals surface area contributed by atoms with Crippen LogP contribution in [-0.2, 0) is 0 Å². The van der Waals surface area contributed by atoms with E-state index in [-0.39, 0.29) is 0 Å². The van der Waals surface area contributed by atoms with Gasteiger partial charge in [-0.15, -0.1) is 0 Å². The molecule has 9 aromatic rings. The number of pyridine rings is 4. The van der Waals surface area contributed by atoms with Crippen LogP contribution in [0.2, 0.25) is 0 Å². The minimum absolute atomic E-state index is 0.807. The molecule has 0 atom stereocenters. The topological polar surface area (TPSA) is 51.6 Å². The summed E-state index contributed by atoms with van der Waals surface area (Å²) < 4.78 is 0. The van der Waals surface area contributed by atoms with Crippen molar-refractivity contribution in [2.45, 2.75) is 0 Å². The summed E-state index contributed by atoms with van der Waals surface area (Å²) in [7, 11) is 0. The highest BCUT2D eigenvalue weighted by atomic mass is 14.8. The second-order valence-corrected chi connectivity index (χ2v) is 11.5. The number of hydrogen-bond acceptors (Lipinski definition) is 4. The summed E-state index contributed by atoms with van der Waals surface area (Å²) in [4.78, 5) is 19.6. The van der Waals surface area contributed by atoms with E-state index in [1.54, 1.807) is 12.4 Å². The van der Waals surface area contributed by atoms with Crippen molar-refractivity contribution in [1.29, 1.82) is 0 Å². The fraction of sp³-hybridized carbons (Fsp3) is 0. The summed E-state index contributed by atoms with van der Waals surface area (Å²) >= 11 is 0. The largest absolute Gasteiger partial charge is 0.255 e. The molecule has 0 fully saturated rings. The first-order valence-electron chi connectivity index (χ1n) is 15.4. The van der Waals surface area contributed by atoms with Gasteiger partial charge in [-0.05, 0) is 69.9 Å². The molecule has 214 valence electrons. The highest BCUT2D eigenvalue weighted by Gasteiger charge is 2.17. The van der Waals surface area contributed by atoms with Crippen molar-refractivity contribution < 1.29 is 0 Å². The molecule has 5 aromatic carbocycles. The quantitative estimate of drug-likeness (QED) is 0.152. The zero-order valence-electron chi connectivity index (χ0n) is 24.8. The van der Waals surface area contributed by atoms with Crippen LogP contribution in [0.4, 0.5) is 0 Å². The zero-order valence-corrected chi connectivity index (χ0v) is 24.8. The number of fused-ring (bicyclic) bond motifs is 6. The normalized spacial score (nSPS) is 11.5. The zero-order chi connectivity index (χ0) is 30.5. The predicted molar refractivity (Wildman–Crippen MR) is 189 cm³/mol. The molecule has 4 aromatic heterocycles. The van der Waals surface area contributed by atoms with Crippen molar-refractivity contribution in [1.82, 2.24) is 19.9 Å². The van der Waals surface area contributed by atoms with Crippen molar-refractivity contribution in [3.05, 3.63) is 158 Å². The van der Waals surface area contributed by atoms with Crippen molar-refractivity contribution in [2.75, 3.05) is 0 Å². The molecule has 4 heteroatoms. The molecule has 0 aliphatic rings. The molecule has 9 rings (SSSR count). The first-order valence-corrected chi connectivity index (χ1v) is 15.4. The van der Waals surface area contributed by atoms with Crippen LogP contribution in [0.5, 0.6) is 0 Å². The van der Waals surface area contributed by atoms with E-state index < -0.39 is 0 Å². The minimum Gasteiger partial charge on any atom is -0.255 e. The van der Waals surface area contributed by atoms with Crippen molar-refractivity contribution in [3.63, 3.8) is 0 Å². The fourth-order valence-electron chi connectivity index (χ4n) is 6.57. The second-order valence-electron chi connectivity index (χ2n) is 11.5. The Morgan fingerprint density at radius 3 is 1.43 bits per heavy atom. The van der Waals surface area contributed by atoms with Gasteiger partial charge in [0.2, 0.25) is 0 Å². The van der Waals surface area contributed by atoms with E-state index >= 15 is 0 Å². The van der Waals surface area contributed by atoms with Crippen LogP contribution in [-0.4, -0.2) is 19.9 Å². The molecule has 0 spiro atoms. The Morgan fingerprint density at radius 1 is 0.326 bits per heavy atom. The van der Waals surface area contributed by atoms with E-state index in [2.05, 4.69) is 119 Å². The van der Waals surface area contributed by atoms with Crippen LogP contribution in [0.1, 0.15) is 0 Å². The maximum Gasteiger partial charge on any atom is 0.0900 e. The Hall–Kier alpha value is -6.26. The first kappa shape index (κ1) is 26.2. The van der Waals surface area contributed by atoms with Gasteiger partial charge in [-0.25, -0.2) is 9.97 Å². The van der Waals surface area contributed by atoms with Crippen molar-refractivity contribution in [3.8, 4) is 45.0 Å². The lowest BCUT2D eigenvalue weighted by Crippen LogP contribution is -1.94. The lowest BCUT2D eigenvalue weighted by atomic mass is 9.91. The van der Waals surface area contributed by atoms with Crippen LogP contribution >= 0.6 is 0 Å². The van der Waals surface area contributed by atoms with Gasteiger partial charge in [0.05, 0.1) is 33.8 Å². The number of aromatic nitrogens is 4. The summed E-state index contributed by atoms with van der Waals surface area (Å²) in [5.41, 5.74) is 9.75. The Labute approximate surface area is 265 Å². The van der Waals surface area contributed by atoms with Gasteiger partial charge in [0, 0.05) is 39.5 Å². The lowest BCUT2D eigenvalue weighted by Gasteiger charge is -2.16. The van der Waals surface area contributed by atoms with Gasteiger partial charge in [0.1, 0.15) is 0 Å². The van der Waals surface area contributed by atoms with Crippen molar-refractivity contribution in [2.24, 2.45) is 0 Å². The Morgan fingerprint density at radius 2 is 0.870 bits per heavy atom. The van der Waals surface area contributed by atoms with Gasteiger partial charge in [-0.3, -0.25) is 9.97 Å².